The van der Waals surface area contributed by atoms with E-state index in [2.05, 4.69) is 6.92 Å². The van der Waals surface area contributed by atoms with Gasteiger partial charge in [0.25, 0.3) is 0 Å². The monoisotopic (exact) mass is 429 g/mol. The van der Waals surface area contributed by atoms with Crippen LogP contribution >= 0.6 is 0 Å². The van der Waals surface area contributed by atoms with E-state index in [-0.39, 0.29) is 63.8 Å². The summed E-state index contributed by atoms with van der Waals surface area (Å²) in [5.74, 6) is -0.582. The molecule has 0 aliphatic heterocycles. The van der Waals surface area contributed by atoms with E-state index in [0.29, 0.717) is 6.42 Å². The third-order valence-corrected chi connectivity index (χ3v) is 5.53. The Morgan fingerprint density at radius 2 is 1.15 bits per heavy atom. The van der Waals surface area contributed by atoms with Gasteiger partial charge in [-0.05, 0) is 6.42 Å². The maximum atomic E-state index is 11.8. The average Bonchev–Trinajstić information content (AvgIpc) is 2.59. The molecule has 156 valence electrons. The topological polar surface area (TPSA) is 77.5 Å². The number of carbonyl (C=O) groups is 1. The van der Waals surface area contributed by atoms with Gasteiger partial charge in [-0.3, -0.25) is 4.79 Å². The Labute approximate surface area is 210 Å². The molecule has 0 unspecified atom stereocenters. The third kappa shape index (κ3) is 23.2. The van der Waals surface area contributed by atoms with Crippen molar-refractivity contribution in [2.75, 3.05) is 19.3 Å². The van der Waals surface area contributed by atoms with Crippen molar-refractivity contribution in [2.45, 2.75) is 103 Å². The van der Waals surface area contributed by atoms with Gasteiger partial charge in [-0.25, -0.2) is 8.42 Å². The van der Waals surface area contributed by atoms with Gasteiger partial charge in [0.2, 0.25) is 5.91 Å². The van der Waals surface area contributed by atoms with Gasteiger partial charge in [0.1, 0.15) is 0 Å². The van der Waals surface area contributed by atoms with E-state index in [0.717, 1.165) is 19.3 Å². The normalized spacial score (nSPS) is 11.2. The van der Waals surface area contributed by atoms with Crippen LogP contribution in [0.4, 0.5) is 0 Å². The predicted molar refractivity (Wildman–Crippen MR) is 107 cm³/mol. The number of unbranched alkanes of at least 4 members (excludes halogenated alkanes) is 13. The minimum absolute atomic E-state index is 0. The SMILES string of the molecule is CCCCCCCCCCCCCCCCC(=O)N(C)CCS(=O)(=O)[O-].[K+]. The molecule has 0 bridgehead atoms. The van der Waals surface area contributed by atoms with Gasteiger partial charge < -0.3 is 9.45 Å². The maximum Gasteiger partial charge on any atom is 1.00 e. The van der Waals surface area contributed by atoms with Crippen molar-refractivity contribution in [1.82, 2.24) is 4.90 Å². The van der Waals surface area contributed by atoms with Gasteiger partial charge in [-0.15, -0.1) is 0 Å². The fourth-order valence-corrected chi connectivity index (χ4v) is 3.53. The van der Waals surface area contributed by atoms with Crippen LogP contribution in [0, 0.1) is 0 Å². The molecule has 0 heterocycles. The van der Waals surface area contributed by atoms with E-state index in [1.807, 2.05) is 0 Å². The first-order valence-corrected chi connectivity index (χ1v) is 12.1. The molecule has 0 radical (unpaired) electrons. The van der Waals surface area contributed by atoms with Gasteiger partial charge in [0.05, 0.1) is 15.9 Å². The number of hydrogen-bond acceptors (Lipinski definition) is 4. The van der Waals surface area contributed by atoms with E-state index in [1.54, 1.807) is 7.05 Å². The first-order chi connectivity index (χ1) is 12.4. The fraction of sp³-hybridized carbons (Fsp3) is 0.950. The second-order valence-corrected chi connectivity index (χ2v) is 8.95. The zero-order valence-electron chi connectivity index (χ0n) is 18.0. The van der Waals surface area contributed by atoms with E-state index in [9.17, 15) is 17.8 Å². The zero-order chi connectivity index (χ0) is 19.7. The minimum atomic E-state index is -4.25. The molecule has 0 aromatic rings. The molecule has 1 amide bonds. The van der Waals surface area contributed by atoms with Gasteiger partial charge in [-0.1, -0.05) is 90.4 Å². The number of carbonyl (C=O) groups excluding carboxylic acids is 1. The zero-order valence-corrected chi connectivity index (χ0v) is 21.9. The Hall–Kier alpha value is 1.02. The standard InChI is InChI=1S/C20H41NO4S.K/c1-3-4-5-6-7-8-9-10-11-12-13-14-15-16-17-20(22)21(2)18-19-26(23,24)25;/h3-19H2,1-2H3,(H,23,24,25);/q;+1/p-1. The van der Waals surface area contributed by atoms with E-state index < -0.39 is 15.9 Å². The maximum absolute atomic E-state index is 11.8. The first kappa shape index (κ1) is 30.2. The van der Waals surface area contributed by atoms with Gasteiger partial charge in [-0.2, -0.15) is 0 Å². The molecule has 0 aliphatic rings. The molecule has 5 nitrogen and oxygen atoms in total. The molecule has 0 saturated carbocycles. The van der Waals surface area contributed by atoms with E-state index in [1.165, 1.54) is 75.5 Å². The molecule has 0 aromatic heterocycles. The molecular formula is C20H40KNO4S. The summed E-state index contributed by atoms with van der Waals surface area (Å²) in [7, 11) is -2.69. The summed E-state index contributed by atoms with van der Waals surface area (Å²) in [5.41, 5.74) is 0. The van der Waals surface area contributed by atoms with Crippen molar-refractivity contribution in [3.05, 3.63) is 0 Å². The third-order valence-electron chi connectivity index (χ3n) is 4.85. The van der Waals surface area contributed by atoms with Gasteiger partial charge in [0.15, 0.2) is 0 Å². The summed E-state index contributed by atoms with van der Waals surface area (Å²) in [5, 5.41) is 0. The Kier molecular flexibility index (Phi) is 22.7. The number of amides is 1. The van der Waals surface area contributed by atoms with E-state index >= 15 is 0 Å². The minimum Gasteiger partial charge on any atom is -0.748 e. The summed E-state index contributed by atoms with van der Waals surface area (Å²) in [6.07, 6.45) is 18.3. The van der Waals surface area contributed by atoms with Crippen molar-refractivity contribution in [2.24, 2.45) is 0 Å². The molecule has 0 spiro atoms. The molecule has 7 heteroatoms. The second kappa shape index (κ2) is 20.3. The number of hydrogen-bond donors (Lipinski definition) is 0. The van der Waals surface area contributed by atoms with Crippen LogP contribution < -0.4 is 51.4 Å². The van der Waals surface area contributed by atoms with Crippen molar-refractivity contribution in [1.29, 1.82) is 0 Å². The molecule has 0 aliphatic carbocycles. The molecule has 0 fully saturated rings. The molecule has 0 aromatic carbocycles. The van der Waals surface area contributed by atoms with Crippen LogP contribution in [0.3, 0.4) is 0 Å². The molecule has 0 saturated heterocycles. The van der Waals surface area contributed by atoms with Gasteiger partial charge in [0, 0.05) is 20.0 Å². The molecule has 0 N–H and O–H groups in total. The Morgan fingerprint density at radius 1 is 0.778 bits per heavy atom. The van der Waals surface area contributed by atoms with Crippen molar-refractivity contribution < 1.29 is 69.1 Å². The largest absolute Gasteiger partial charge is 1.00 e. The summed E-state index contributed by atoms with van der Waals surface area (Å²) in [6.45, 7) is 2.24. The Morgan fingerprint density at radius 3 is 1.52 bits per heavy atom. The van der Waals surface area contributed by atoms with Crippen LogP contribution in [-0.4, -0.2) is 43.1 Å². The van der Waals surface area contributed by atoms with Crippen LogP contribution in [0.1, 0.15) is 103 Å². The van der Waals surface area contributed by atoms with Crippen LogP contribution in [-0.2, 0) is 14.9 Å². The van der Waals surface area contributed by atoms with E-state index in [4.69, 9.17) is 0 Å². The van der Waals surface area contributed by atoms with Crippen molar-refractivity contribution in [3.63, 3.8) is 0 Å². The Bertz CT molecular complexity index is 443. The fourth-order valence-electron chi connectivity index (χ4n) is 3.04. The quantitative estimate of drug-likeness (QED) is 0.189. The summed E-state index contributed by atoms with van der Waals surface area (Å²) < 4.78 is 31.7. The summed E-state index contributed by atoms with van der Waals surface area (Å²) >= 11 is 0. The molecule has 27 heavy (non-hydrogen) atoms. The van der Waals surface area contributed by atoms with Crippen LogP contribution in [0.5, 0.6) is 0 Å². The average molecular weight is 430 g/mol. The van der Waals surface area contributed by atoms with Crippen LogP contribution in [0.15, 0.2) is 0 Å². The van der Waals surface area contributed by atoms with Crippen LogP contribution in [0.2, 0.25) is 0 Å². The summed E-state index contributed by atoms with van der Waals surface area (Å²) in [4.78, 5) is 13.2. The number of nitrogens with zero attached hydrogens (tertiary/aromatic N) is 1. The summed E-state index contributed by atoms with van der Waals surface area (Å²) in [6, 6.07) is 0. The Balaban J connectivity index is 0. The van der Waals surface area contributed by atoms with Crippen molar-refractivity contribution in [3.8, 4) is 0 Å². The van der Waals surface area contributed by atoms with Crippen molar-refractivity contribution >= 4 is 16.0 Å². The molecule has 0 atom stereocenters. The predicted octanol–water partition coefficient (Wildman–Crippen LogP) is 1.87. The molecular weight excluding hydrogens is 389 g/mol. The molecule has 0 rings (SSSR count). The van der Waals surface area contributed by atoms with Crippen LogP contribution in [0.25, 0.3) is 0 Å². The van der Waals surface area contributed by atoms with Gasteiger partial charge >= 0.3 is 51.4 Å². The smallest absolute Gasteiger partial charge is 0.748 e. The number of rotatable bonds is 18. The first-order valence-electron chi connectivity index (χ1n) is 10.5. The second-order valence-electron chi connectivity index (χ2n) is 7.42.